The van der Waals surface area contributed by atoms with Gasteiger partial charge in [0.05, 0.1) is 11.4 Å². The summed E-state index contributed by atoms with van der Waals surface area (Å²) in [5.41, 5.74) is 20.3. The highest BCUT2D eigenvalue weighted by Crippen LogP contribution is 2.54. The Morgan fingerprint density at radius 1 is 0.356 bits per heavy atom. The summed E-state index contributed by atoms with van der Waals surface area (Å²) in [7, 11) is 2.14. The molecule has 59 heavy (non-hydrogen) atoms. The third-order valence-corrected chi connectivity index (χ3v) is 13.9. The standard InChI is InChI=1S/C57H43NO/c1-56(2)46-18-10-8-14-38(46)40-26-22-35(31-48(40)56)34-23-28-44-45(30-34)55(36-24-27-41-39-15-9-11-19-47(39)57(3,4)49(41)32-36)43-17-7-6-16-42(43)54(44)37-25-29-53-51(33-37)58(5)50-20-12-13-21-52(50)59-53/h6-33H,1-5H3. The maximum absolute atomic E-state index is 6.46. The second-order valence-electron chi connectivity index (χ2n) is 17.7. The van der Waals surface area contributed by atoms with Gasteiger partial charge in [0.2, 0.25) is 0 Å². The highest BCUT2D eigenvalue weighted by Gasteiger charge is 2.37. The van der Waals surface area contributed by atoms with Crippen LogP contribution < -0.4 is 9.64 Å². The average Bonchev–Trinajstić information content (AvgIpc) is 3.64. The number of fused-ring (bicyclic) bond motifs is 10. The van der Waals surface area contributed by atoms with Crippen molar-refractivity contribution >= 4 is 32.9 Å². The maximum Gasteiger partial charge on any atom is 0.151 e. The molecule has 0 saturated heterocycles. The lowest BCUT2D eigenvalue weighted by molar-refractivity contribution is 0.475. The topological polar surface area (TPSA) is 12.5 Å². The van der Waals surface area contributed by atoms with Crippen molar-refractivity contribution in [3.05, 3.63) is 192 Å². The molecule has 2 aliphatic carbocycles. The van der Waals surface area contributed by atoms with E-state index in [4.69, 9.17) is 4.74 Å². The quantitative estimate of drug-likeness (QED) is 0.166. The lowest BCUT2D eigenvalue weighted by Gasteiger charge is -2.30. The molecule has 1 heterocycles. The van der Waals surface area contributed by atoms with E-state index < -0.39 is 0 Å². The van der Waals surface area contributed by atoms with Crippen molar-refractivity contribution < 1.29 is 4.74 Å². The first kappa shape index (κ1) is 34.2. The molecule has 0 unspecified atom stereocenters. The molecule has 282 valence electrons. The predicted molar refractivity (Wildman–Crippen MR) is 247 cm³/mol. The first-order chi connectivity index (χ1) is 28.7. The molecule has 0 amide bonds. The molecular weight excluding hydrogens is 715 g/mol. The van der Waals surface area contributed by atoms with Gasteiger partial charge in [-0.3, -0.25) is 0 Å². The summed E-state index contributed by atoms with van der Waals surface area (Å²) in [6.07, 6.45) is 0. The van der Waals surface area contributed by atoms with E-state index in [9.17, 15) is 0 Å². The van der Waals surface area contributed by atoms with E-state index in [0.717, 1.165) is 22.9 Å². The summed E-state index contributed by atoms with van der Waals surface area (Å²) in [6, 6.07) is 63.4. The molecule has 0 aromatic heterocycles. The second-order valence-corrected chi connectivity index (χ2v) is 17.7. The maximum atomic E-state index is 6.46. The van der Waals surface area contributed by atoms with Gasteiger partial charge in [-0.1, -0.05) is 155 Å². The van der Waals surface area contributed by atoms with Crippen LogP contribution in [0.15, 0.2) is 170 Å². The monoisotopic (exact) mass is 757 g/mol. The van der Waals surface area contributed by atoms with E-state index in [1.807, 2.05) is 12.1 Å². The normalized spacial score (nSPS) is 14.9. The Hall–Kier alpha value is -6.90. The fraction of sp³-hybridized carbons (Fsp3) is 0.123. The zero-order chi connectivity index (χ0) is 39.8. The second kappa shape index (κ2) is 12.1. The molecule has 0 N–H and O–H groups in total. The van der Waals surface area contributed by atoms with Gasteiger partial charge in [-0.05, 0) is 142 Å². The molecule has 0 fully saturated rings. The molecule has 12 rings (SSSR count). The van der Waals surface area contributed by atoms with Crippen molar-refractivity contribution in [2.75, 3.05) is 11.9 Å². The van der Waals surface area contributed by atoms with Gasteiger partial charge in [-0.2, -0.15) is 0 Å². The van der Waals surface area contributed by atoms with Crippen LogP contribution in [0.5, 0.6) is 11.5 Å². The molecule has 9 aromatic rings. The molecule has 2 heteroatoms. The molecule has 1 aliphatic heterocycles. The van der Waals surface area contributed by atoms with Gasteiger partial charge in [0.1, 0.15) is 0 Å². The third kappa shape index (κ3) is 4.75. The van der Waals surface area contributed by atoms with Crippen LogP contribution in [-0.4, -0.2) is 7.05 Å². The smallest absolute Gasteiger partial charge is 0.151 e. The Morgan fingerprint density at radius 2 is 0.814 bits per heavy atom. The summed E-state index contributed by atoms with van der Waals surface area (Å²) >= 11 is 0. The van der Waals surface area contributed by atoms with E-state index in [1.54, 1.807) is 0 Å². The van der Waals surface area contributed by atoms with Crippen LogP contribution in [0.1, 0.15) is 49.9 Å². The molecular formula is C57H43NO. The van der Waals surface area contributed by atoms with Crippen molar-refractivity contribution in [3.63, 3.8) is 0 Å². The highest BCUT2D eigenvalue weighted by atomic mass is 16.5. The molecule has 2 nitrogen and oxygen atoms in total. The first-order valence-corrected chi connectivity index (χ1v) is 20.8. The van der Waals surface area contributed by atoms with Crippen LogP contribution >= 0.6 is 0 Å². The van der Waals surface area contributed by atoms with Crippen molar-refractivity contribution in [1.29, 1.82) is 0 Å². The van der Waals surface area contributed by atoms with Gasteiger partial charge in [0.15, 0.2) is 11.5 Å². The Bertz CT molecular complexity index is 3270. The van der Waals surface area contributed by atoms with Gasteiger partial charge in [-0.15, -0.1) is 0 Å². The summed E-state index contributed by atoms with van der Waals surface area (Å²) in [4.78, 5) is 2.26. The Labute approximate surface area is 346 Å². The van der Waals surface area contributed by atoms with E-state index in [1.165, 1.54) is 99.4 Å². The van der Waals surface area contributed by atoms with E-state index in [-0.39, 0.29) is 10.8 Å². The Morgan fingerprint density at radius 3 is 1.51 bits per heavy atom. The molecule has 0 saturated carbocycles. The predicted octanol–water partition coefficient (Wildman–Crippen LogP) is 15.5. The molecule has 9 aromatic carbocycles. The van der Waals surface area contributed by atoms with Gasteiger partial charge in [0, 0.05) is 17.9 Å². The summed E-state index contributed by atoms with van der Waals surface area (Å²) in [6.45, 7) is 9.49. The number of para-hydroxylation sites is 2. The average molecular weight is 758 g/mol. The molecule has 0 atom stereocenters. The Balaban J connectivity index is 1.11. The number of anilines is 2. The third-order valence-electron chi connectivity index (χ3n) is 13.9. The van der Waals surface area contributed by atoms with E-state index in [2.05, 4.69) is 197 Å². The number of ether oxygens (including phenoxy) is 1. The summed E-state index contributed by atoms with van der Waals surface area (Å²) < 4.78 is 6.46. The van der Waals surface area contributed by atoms with Crippen LogP contribution in [0.3, 0.4) is 0 Å². The fourth-order valence-corrected chi connectivity index (χ4v) is 10.8. The van der Waals surface area contributed by atoms with Crippen molar-refractivity contribution in [1.82, 2.24) is 0 Å². The minimum Gasteiger partial charge on any atom is -0.453 e. The number of benzene rings is 9. The molecule has 0 bridgehead atoms. The lowest BCUT2D eigenvalue weighted by Crippen LogP contribution is -2.15. The van der Waals surface area contributed by atoms with Gasteiger partial charge < -0.3 is 9.64 Å². The number of hydrogen-bond donors (Lipinski definition) is 0. The Kier molecular flexibility index (Phi) is 6.99. The van der Waals surface area contributed by atoms with E-state index >= 15 is 0 Å². The number of nitrogens with zero attached hydrogens (tertiary/aromatic N) is 1. The van der Waals surface area contributed by atoms with Gasteiger partial charge in [0.25, 0.3) is 0 Å². The zero-order valence-corrected chi connectivity index (χ0v) is 34.0. The SMILES string of the molecule is CN1c2ccccc2Oc2ccc(-c3c4ccccc4c(-c4ccc5c(c4)C(C)(C)c4ccccc4-5)c4cc(-c5ccc6c(c5)C(C)(C)c5ccccc5-6)ccc34)cc21. The zero-order valence-electron chi connectivity index (χ0n) is 34.0. The largest absolute Gasteiger partial charge is 0.453 e. The number of rotatable bonds is 3. The van der Waals surface area contributed by atoms with Crippen molar-refractivity contribution in [3.8, 4) is 67.1 Å². The fourth-order valence-electron chi connectivity index (χ4n) is 10.8. The van der Waals surface area contributed by atoms with Gasteiger partial charge >= 0.3 is 0 Å². The van der Waals surface area contributed by atoms with Crippen LogP contribution in [0, 0.1) is 0 Å². The highest BCUT2D eigenvalue weighted by molar-refractivity contribution is 6.22. The van der Waals surface area contributed by atoms with Crippen LogP contribution in [0.25, 0.3) is 77.2 Å². The van der Waals surface area contributed by atoms with Crippen LogP contribution in [0.4, 0.5) is 11.4 Å². The molecule has 3 aliphatic rings. The molecule has 0 spiro atoms. The van der Waals surface area contributed by atoms with Crippen molar-refractivity contribution in [2.45, 2.75) is 38.5 Å². The van der Waals surface area contributed by atoms with Gasteiger partial charge in [-0.25, -0.2) is 0 Å². The lowest BCUT2D eigenvalue weighted by atomic mass is 9.80. The van der Waals surface area contributed by atoms with Crippen LogP contribution in [0.2, 0.25) is 0 Å². The summed E-state index contributed by atoms with van der Waals surface area (Å²) in [5, 5.41) is 4.97. The van der Waals surface area contributed by atoms with E-state index in [0.29, 0.717) is 0 Å². The summed E-state index contributed by atoms with van der Waals surface area (Å²) in [5.74, 6) is 1.74. The van der Waals surface area contributed by atoms with Crippen molar-refractivity contribution in [2.24, 2.45) is 0 Å². The molecule has 0 radical (unpaired) electrons. The minimum absolute atomic E-state index is 0.0774. The first-order valence-electron chi connectivity index (χ1n) is 20.8. The van der Waals surface area contributed by atoms with Crippen LogP contribution in [-0.2, 0) is 10.8 Å². The minimum atomic E-state index is -0.108. The number of hydrogen-bond acceptors (Lipinski definition) is 2.